The van der Waals surface area contributed by atoms with Crippen molar-refractivity contribution in [2.45, 2.75) is 130 Å². The molecule has 2 fully saturated rings. The number of rotatable bonds is 17. The van der Waals surface area contributed by atoms with E-state index in [-0.39, 0.29) is 37.2 Å². The second-order valence-electron chi connectivity index (χ2n) is 10.3. The van der Waals surface area contributed by atoms with Gasteiger partial charge in [0.25, 0.3) is 0 Å². The number of esters is 2. The highest BCUT2D eigenvalue weighted by molar-refractivity contribution is 5.77. The van der Waals surface area contributed by atoms with E-state index in [1.54, 1.807) is 0 Å². The summed E-state index contributed by atoms with van der Waals surface area (Å²) >= 11 is 0. The van der Waals surface area contributed by atoms with Gasteiger partial charge in [-0.15, -0.1) is 0 Å². The van der Waals surface area contributed by atoms with Crippen molar-refractivity contribution in [2.24, 2.45) is 11.8 Å². The highest BCUT2D eigenvalue weighted by Gasteiger charge is 2.26. The molecule has 0 aromatic heterocycles. The number of carbonyl (C=O) groups excluding carboxylic acids is 2. The second-order valence-corrected chi connectivity index (χ2v) is 10.3. The van der Waals surface area contributed by atoms with Gasteiger partial charge in [-0.25, -0.2) is 0 Å². The van der Waals surface area contributed by atoms with Crippen molar-refractivity contribution in [3.05, 3.63) is 0 Å². The van der Waals surface area contributed by atoms with Gasteiger partial charge in [0.2, 0.25) is 0 Å². The molecule has 0 radical (unpaired) electrons. The summed E-state index contributed by atoms with van der Waals surface area (Å²) in [4.78, 5) is 29.7. The molecule has 6 heteroatoms. The first-order valence-electron chi connectivity index (χ1n) is 14.4. The van der Waals surface area contributed by atoms with Crippen molar-refractivity contribution in [3.63, 3.8) is 0 Å². The van der Waals surface area contributed by atoms with E-state index in [0.29, 0.717) is 0 Å². The van der Waals surface area contributed by atoms with Gasteiger partial charge < -0.3 is 9.47 Å². The Morgan fingerprint density at radius 2 is 0.971 bits per heavy atom. The van der Waals surface area contributed by atoms with Crippen LogP contribution in [0.1, 0.15) is 118 Å². The fourth-order valence-corrected chi connectivity index (χ4v) is 5.87. The summed E-state index contributed by atoms with van der Waals surface area (Å²) in [6.07, 6.45) is 14.3. The fraction of sp³-hybridized carbons (Fsp3) is 0.929. The molecule has 34 heavy (non-hydrogen) atoms. The Morgan fingerprint density at radius 3 is 1.26 bits per heavy atom. The number of nitrogens with zero attached hydrogens (tertiary/aromatic N) is 2. The molecular formula is C28H52N2O4. The molecular weight excluding hydrogens is 428 g/mol. The van der Waals surface area contributed by atoms with Crippen LogP contribution in [0.5, 0.6) is 0 Å². The maximum Gasteiger partial charge on any atom is 0.307 e. The zero-order valence-electron chi connectivity index (χ0n) is 22.6. The van der Waals surface area contributed by atoms with Gasteiger partial charge in [0.05, 0.1) is 12.8 Å². The lowest BCUT2D eigenvalue weighted by Crippen LogP contribution is -2.39. The topological polar surface area (TPSA) is 59.1 Å². The lowest BCUT2D eigenvalue weighted by atomic mass is 10.0. The van der Waals surface area contributed by atoms with Gasteiger partial charge in [-0.05, 0) is 63.7 Å². The van der Waals surface area contributed by atoms with E-state index < -0.39 is 0 Å². The highest BCUT2D eigenvalue weighted by atomic mass is 16.6. The Bertz CT molecular complexity index is 515. The van der Waals surface area contributed by atoms with Crippen LogP contribution in [0.4, 0.5) is 0 Å². The third kappa shape index (κ3) is 10.2. The van der Waals surface area contributed by atoms with E-state index in [1.165, 1.54) is 51.4 Å². The minimum atomic E-state index is -0.286. The molecule has 0 N–H and O–H groups in total. The molecule has 2 aliphatic carbocycles. The summed E-state index contributed by atoms with van der Waals surface area (Å²) in [5.74, 6) is 0.970. The molecule has 0 spiro atoms. The molecule has 2 unspecified atom stereocenters. The second kappa shape index (κ2) is 16.5. The Kier molecular flexibility index (Phi) is 14.1. The van der Waals surface area contributed by atoms with Crippen LogP contribution in [0.25, 0.3) is 0 Å². The van der Waals surface area contributed by atoms with Crippen molar-refractivity contribution in [1.29, 1.82) is 0 Å². The third-order valence-electron chi connectivity index (χ3n) is 8.10. The zero-order chi connectivity index (χ0) is 24.8. The van der Waals surface area contributed by atoms with Gasteiger partial charge in [0.15, 0.2) is 12.5 Å². The molecule has 2 aliphatic rings. The third-order valence-corrected chi connectivity index (χ3v) is 8.10. The number of ether oxygens (including phenoxy) is 2. The summed E-state index contributed by atoms with van der Waals surface area (Å²) in [6, 6.07) is 0. The van der Waals surface area contributed by atoms with Gasteiger partial charge in [-0.2, -0.15) is 0 Å². The van der Waals surface area contributed by atoms with Crippen molar-refractivity contribution in [2.75, 3.05) is 26.2 Å². The molecule has 0 bridgehead atoms. The molecule has 198 valence electrons. The maximum atomic E-state index is 12.7. The molecule has 2 saturated carbocycles. The standard InChI is InChI=1S/C28H52N2O4/c1-5-29(6-2)25(19-17-23-13-9-10-14-23)33-27(31)21-22-28(32)34-26(30(7-3)8-4)20-18-24-15-11-12-16-24/h23-26H,5-22H2,1-4H3. The summed E-state index contributed by atoms with van der Waals surface area (Å²) in [7, 11) is 0. The highest BCUT2D eigenvalue weighted by Crippen LogP contribution is 2.31. The van der Waals surface area contributed by atoms with E-state index in [0.717, 1.165) is 63.7 Å². The van der Waals surface area contributed by atoms with Crippen molar-refractivity contribution >= 4 is 11.9 Å². The maximum absolute atomic E-state index is 12.7. The van der Waals surface area contributed by atoms with Crippen LogP contribution in [-0.4, -0.2) is 60.4 Å². The molecule has 2 atom stereocenters. The van der Waals surface area contributed by atoms with E-state index in [2.05, 4.69) is 37.5 Å². The predicted octanol–water partition coefficient (Wildman–Crippen LogP) is 6.13. The average Bonchev–Trinajstić information content (AvgIpc) is 3.55. The quantitative estimate of drug-likeness (QED) is 0.184. The Hall–Kier alpha value is -1.14. The molecule has 0 aromatic carbocycles. The van der Waals surface area contributed by atoms with E-state index in [9.17, 15) is 9.59 Å². The molecule has 0 aromatic rings. The minimum absolute atomic E-state index is 0.0909. The van der Waals surface area contributed by atoms with E-state index in [4.69, 9.17) is 9.47 Å². The van der Waals surface area contributed by atoms with Gasteiger partial charge in [-0.1, -0.05) is 79.1 Å². The van der Waals surface area contributed by atoms with Crippen LogP contribution in [0.2, 0.25) is 0 Å². The van der Waals surface area contributed by atoms with Gasteiger partial charge in [0, 0.05) is 0 Å². The first-order valence-corrected chi connectivity index (χ1v) is 14.4. The molecule has 6 nitrogen and oxygen atoms in total. The van der Waals surface area contributed by atoms with E-state index in [1.807, 2.05) is 0 Å². The first kappa shape index (κ1) is 29.1. The number of carbonyl (C=O) groups is 2. The summed E-state index contributed by atoms with van der Waals surface area (Å²) < 4.78 is 11.8. The predicted molar refractivity (Wildman–Crippen MR) is 137 cm³/mol. The largest absolute Gasteiger partial charge is 0.446 e. The summed E-state index contributed by atoms with van der Waals surface area (Å²) in [5.41, 5.74) is 0. The van der Waals surface area contributed by atoms with E-state index >= 15 is 0 Å². The summed E-state index contributed by atoms with van der Waals surface area (Å²) in [6.45, 7) is 11.8. The SMILES string of the molecule is CCN(CC)C(CCC1CCCC1)OC(=O)CCC(=O)OC(CCC1CCCC1)N(CC)CC. The fourth-order valence-electron chi connectivity index (χ4n) is 5.87. The molecule has 0 aliphatic heterocycles. The zero-order valence-corrected chi connectivity index (χ0v) is 22.6. The number of hydrogen-bond donors (Lipinski definition) is 0. The van der Waals surface area contributed by atoms with Crippen LogP contribution in [0.3, 0.4) is 0 Å². The summed E-state index contributed by atoms with van der Waals surface area (Å²) in [5, 5.41) is 0. The number of hydrogen-bond acceptors (Lipinski definition) is 6. The lowest BCUT2D eigenvalue weighted by Gasteiger charge is -2.30. The van der Waals surface area contributed by atoms with Gasteiger partial charge in [-0.3, -0.25) is 19.4 Å². The van der Waals surface area contributed by atoms with Crippen LogP contribution in [0.15, 0.2) is 0 Å². The van der Waals surface area contributed by atoms with Crippen LogP contribution >= 0.6 is 0 Å². The Balaban J connectivity index is 1.80. The van der Waals surface area contributed by atoms with Crippen LogP contribution in [-0.2, 0) is 19.1 Å². The Morgan fingerprint density at radius 1 is 0.647 bits per heavy atom. The lowest BCUT2D eigenvalue weighted by molar-refractivity contribution is -0.167. The Labute approximate surface area is 209 Å². The average molecular weight is 481 g/mol. The molecule has 0 saturated heterocycles. The van der Waals surface area contributed by atoms with Crippen LogP contribution < -0.4 is 0 Å². The van der Waals surface area contributed by atoms with Crippen molar-refractivity contribution < 1.29 is 19.1 Å². The normalized spacial score (nSPS) is 19.1. The van der Waals surface area contributed by atoms with Crippen molar-refractivity contribution in [1.82, 2.24) is 9.80 Å². The molecule has 0 amide bonds. The van der Waals surface area contributed by atoms with Gasteiger partial charge in [0.1, 0.15) is 0 Å². The van der Waals surface area contributed by atoms with Crippen molar-refractivity contribution in [3.8, 4) is 0 Å². The minimum Gasteiger partial charge on any atom is -0.446 e. The smallest absolute Gasteiger partial charge is 0.307 e. The van der Waals surface area contributed by atoms with Crippen LogP contribution in [0, 0.1) is 11.8 Å². The first-order chi connectivity index (χ1) is 16.5. The van der Waals surface area contributed by atoms with Gasteiger partial charge >= 0.3 is 11.9 Å². The molecule has 0 heterocycles. The molecule has 2 rings (SSSR count). The monoisotopic (exact) mass is 480 g/mol.